The standard InChI is InChI=1S/C23H25Cl2N3O2S/c1-2-16-5-7-19-21(14-16)31-23(26-19)28-11-9-27(10-12-28)22(29)4-3-13-30-20-8-6-17(24)15-18(20)25/h5-8,14-15H,2-4,9-13H2,1H3. The first-order valence-corrected chi connectivity index (χ1v) is 12.1. The van der Waals surface area contributed by atoms with E-state index in [-0.39, 0.29) is 5.91 Å². The van der Waals surface area contributed by atoms with E-state index in [4.69, 9.17) is 32.9 Å². The number of nitrogens with zero attached hydrogens (tertiary/aromatic N) is 3. The minimum Gasteiger partial charge on any atom is -0.492 e. The smallest absolute Gasteiger partial charge is 0.222 e. The maximum Gasteiger partial charge on any atom is 0.222 e. The van der Waals surface area contributed by atoms with Crippen LogP contribution in [0.2, 0.25) is 10.0 Å². The number of hydrogen-bond acceptors (Lipinski definition) is 5. The number of thiazole rings is 1. The van der Waals surface area contributed by atoms with Crippen LogP contribution in [-0.4, -0.2) is 48.6 Å². The van der Waals surface area contributed by atoms with Gasteiger partial charge in [-0.15, -0.1) is 0 Å². The van der Waals surface area contributed by atoms with E-state index in [0.29, 0.717) is 35.2 Å². The predicted molar refractivity (Wildman–Crippen MR) is 129 cm³/mol. The van der Waals surface area contributed by atoms with Gasteiger partial charge in [-0.05, 0) is 48.7 Å². The van der Waals surface area contributed by atoms with E-state index >= 15 is 0 Å². The molecule has 1 saturated heterocycles. The van der Waals surface area contributed by atoms with Crippen molar-refractivity contribution < 1.29 is 9.53 Å². The van der Waals surface area contributed by atoms with Crippen LogP contribution >= 0.6 is 34.5 Å². The highest BCUT2D eigenvalue weighted by Gasteiger charge is 2.23. The summed E-state index contributed by atoms with van der Waals surface area (Å²) < 4.78 is 6.90. The van der Waals surface area contributed by atoms with Crippen molar-refractivity contribution in [2.75, 3.05) is 37.7 Å². The van der Waals surface area contributed by atoms with Crippen LogP contribution in [0.5, 0.6) is 5.75 Å². The molecule has 1 aliphatic heterocycles. The number of hydrogen-bond donors (Lipinski definition) is 0. The summed E-state index contributed by atoms with van der Waals surface area (Å²) in [6.45, 7) is 5.67. The third kappa shape index (κ3) is 5.43. The van der Waals surface area contributed by atoms with Crippen LogP contribution in [0.4, 0.5) is 5.13 Å². The molecule has 0 unspecified atom stereocenters. The largest absolute Gasteiger partial charge is 0.492 e. The Morgan fingerprint density at radius 3 is 2.68 bits per heavy atom. The van der Waals surface area contributed by atoms with Crippen LogP contribution < -0.4 is 9.64 Å². The molecule has 31 heavy (non-hydrogen) atoms. The van der Waals surface area contributed by atoms with E-state index in [1.807, 2.05) is 4.90 Å². The quantitative estimate of drug-likeness (QED) is 0.411. The molecule has 8 heteroatoms. The zero-order chi connectivity index (χ0) is 21.8. The predicted octanol–water partition coefficient (Wildman–Crippen LogP) is 5.67. The molecule has 3 aromatic rings. The lowest BCUT2D eigenvalue weighted by Crippen LogP contribution is -2.48. The zero-order valence-electron chi connectivity index (χ0n) is 17.4. The summed E-state index contributed by atoms with van der Waals surface area (Å²) in [7, 11) is 0. The lowest BCUT2D eigenvalue weighted by Gasteiger charge is -2.34. The summed E-state index contributed by atoms with van der Waals surface area (Å²) in [5, 5.41) is 2.10. The molecule has 0 bridgehead atoms. The van der Waals surface area contributed by atoms with Crippen molar-refractivity contribution in [2.45, 2.75) is 26.2 Å². The third-order valence-corrected chi connectivity index (χ3v) is 7.05. The summed E-state index contributed by atoms with van der Waals surface area (Å²) >= 11 is 13.7. The summed E-state index contributed by atoms with van der Waals surface area (Å²) in [6.07, 6.45) is 2.14. The number of aryl methyl sites for hydroxylation is 1. The van der Waals surface area contributed by atoms with E-state index in [0.717, 1.165) is 43.2 Å². The Kier molecular flexibility index (Phi) is 7.20. The van der Waals surface area contributed by atoms with Crippen LogP contribution in [0.25, 0.3) is 10.2 Å². The van der Waals surface area contributed by atoms with Gasteiger partial charge in [0.15, 0.2) is 5.13 Å². The van der Waals surface area contributed by atoms with Gasteiger partial charge >= 0.3 is 0 Å². The Bertz CT molecular complexity index is 1060. The molecular formula is C23H25Cl2N3O2S. The highest BCUT2D eigenvalue weighted by Crippen LogP contribution is 2.30. The van der Waals surface area contributed by atoms with Crippen LogP contribution in [0.1, 0.15) is 25.3 Å². The van der Waals surface area contributed by atoms with Gasteiger partial charge in [0.1, 0.15) is 5.75 Å². The van der Waals surface area contributed by atoms with Gasteiger partial charge in [0.25, 0.3) is 0 Å². The highest BCUT2D eigenvalue weighted by atomic mass is 35.5. The van der Waals surface area contributed by atoms with Crippen molar-refractivity contribution in [3.05, 3.63) is 52.0 Å². The third-order valence-electron chi connectivity index (χ3n) is 5.44. The van der Waals surface area contributed by atoms with Crippen molar-refractivity contribution in [1.82, 2.24) is 9.88 Å². The molecule has 0 saturated carbocycles. The lowest BCUT2D eigenvalue weighted by molar-refractivity contribution is -0.131. The molecule has 1 aromatic heterocycles. The fourth-order valence-corrected chi connectivity index (χ4v) is 5.16. The van der Waals surface area contributed by atoms with Gasteiger partial charge in [-0.1, -0.05) is 47.5 Å². The van der Waals surface area contributed by atoms with Crippen molar-refractivity contribution in [3.63, 3.8) is 0 Å². The monoisotopic (exact) mass is 477 g/mol. The van der Waals surface area contributed by atoms with E-state index in [2.05, 4.69) is 30.0 Å². The molecule has 0 atom stereocenters. The van der Waals surface area contributed by atoms with Crippen LogP contribution in [-0.2, 0) is 11.2 Å². The fourth-order valence-electron chi connectivity index (χ4n) is 3.62. The first kappa shape index (κ1) is 22.2. The molecule has 2 heterocycles. The van der Waals surface area contributed by atoms with Gasteiger partial charge in [0.2, 0.25) is 5.91 Å². The first-order valence-electron chi connectivity index (χ1n) is 10.5. The molecule has 164 valence electrons. The molecule has 1 amide bonds. The summed E-state index contributed by atoms with van der Waals surface area (Å²) in [6, 6.07) is 11.6. The van der Waals surface area contributed by atoms with Crippen molar-refractivity contribution in [3.8, 4) is 5.75 Å². The van der Waals surface area contributed by atoms with Crippen molar-refractivity contribution in [1.29, 1.82) is 0 Å². The number of halogens is 2. The van der Waals surface area contributed by atoms with Crippen LogP contribution in [0, 0.1) is 0 Å². The topological polar surface area (TPSA) is 45.7 Å². The molecular weight excluding hydrogens is 453 g/mol. The average molecular weight is 478 g/mol. The number of rotatable bonds is 7. The normalized spacial score (nSPS) is 14.3. The van der Waals surface area contributed by atoms with Crippen LogP contribution in [0.3, 0.4) is 0 Å². The number of benzene rings is 2. The second-order valence-electron chi connectivity index (χ2n) is 7.55. The average Bonchev–Trinajstić information content (AvgIpc) is 3.21. The SMILES string of the molecule is CCc1ccc2nc(N3CCN(C(=O)CCCOc4ccc(Cl)cc4Cl)CC3)sc2c1. The highest BCUT2D eigenvalue weighted by molar-refractivity contribution is 7.22. The molecule has 1 aliphatic rings. The number of fused-ring (bicyclic) bond motifs is 1. The van der Waals surface area contributed by atoms with Crippen LogP contribution in [0.15, 0.2) is 36.4 Å². The second-order valence-corrected chi connectivity index (χ2v) is 9.40. The van der Waals surface area contributed by atoms with E-state index in [1.165, 1.54) is 10.3 Å². The molecule has 0 radical (unpaired) electrons. The molecule has 0 N–H and O–H groups in total. The molecule has 1 fully saturated rings. The number of carbonyl (C=O) groups excluding carboxylic acids is 1. The molecule has 2 aromatic carbocycles. The van der Waals surface area contributed by atoms with Gasteiger partial charge in [-0.25, -0.2) is 4.98 Å². The molecule has 0 spiro atoms. The fraction of sp³-hybridized carbons (Fsp3) is 0.391. The summed E-state index contributed by atoms with van der Waals surface area (Å²) in [4.78, 5) is 21.6. The number of carbonyl (C=O) groups is 1. The Morgan fingerprint density at radius 1 is 1.13 bits per heavy atom. The lowest BCUT2D eigenvalue weighted by atomic mass is 10.2. The zero-order valence-corrected chi connectivity index (χ0v) is 19.8. The first-order chi connectivity index (χ1) is 15.0. The number of anilines is 1. The molecule has 0 aliphatic carbocycles. The Labute approximate surface area is 196 Å². The summed E-state index contributed by atoms with van der Waals surface area (Å²) in [5.74, 6) is 0.761. The van der Waals surface area contributed by atoms with Crippen molar-refractivity contribution in [2.24, 2.45) is 0 Å². The Balaban J connectivity index is 1.23. The number of amides is 1. The number of aromatic nitrogens is 1. The minimum absolute atomic E-state index is 0.169. The summed E-state index contributed by atoms with van der Waals surface area (Å²) in [5.41, 5.74) is 2.39. The van der Waals surface area contributed by atoms with Gasteiger partial charge in [0, 0.05) is 37.6 Å². The maximum atomic E-state index is 12.6. The maximum absolute atomic E-state index is 12.6. The number of piperazine rings is 1. The van der Waals surface area contributed by atoms with E-state index in [9.17, 15) is 4.79 Å². The van der Waals surface area contributed by atoms with E-state index < -0.39 is 0 Å². The van der Waals surface area contributed by atoms with Gasteiger partial charge in [-0.3, -0.25) is 4.79 Å². The van der Waals surface area contributed by atoms with E-state index in [1.54, 1.807) is 29.5 Å². The molecule has 5 nitrogen and oxygen atoms in total. The second kappa shape index (κ2) is 10.1. The van der Waals surface area contributed by atoms with Gasteiger partial charge in [0.05, 0.1) is 21.8 Å². The Morgan fingerprint density at radius 2 is 1.94 bits per heavy atom. The number of ether oxygens (including phenoxy) is 1. The Hall–Kier alpha value is -2.02. The van der Waals surface area contributed by atoms with Gasteiger partial charge in [-0.2, -0.15) is 0 Å². The van der Waals surface area contributed by atoms with Crippen molar-refractivity contribution >= 4 is 55.8 Å². The van der Waals surface area contributed by atoms with Gasteiger partial charge < -0.3 is 14.5 Å². The molecule has 4 rings (SSSR count). The minimum atomic E-state index is 0.169.